The number of carbonyl (C=O) groups excluding carboxylic acids is 1. The van der Waals surface area contributed by atoms with Gasteiger partial charge >= 0.3 is 0 Å². The minimum Gasteiger partial charge on any atom is -0.461 e. The molecule has 2 aromatic carbocycles. The van der Waals surface area contributed by atoms with E-state index in [2.05, 4.69) is 26.6 Å². The Labute approximate surface area is 205 Å². The van der Waals surface area contributed by atoms with Gasteiger partial charge in [0.25, 0.3) is 5.91 Å². The van der Waals surface area contributed by atoms with E-state index in [0.717, 1.165) is 29.7 Å². The van der Waals surface area contributed by atoms with E-state index in [1.165, 1.54) is 5.56 Å². The molecule has 1 amide bonds. The summed E-state index contributed by atoms with van der Waals surface area (Å²) in [6.45, 7) is 1.13. The van der Waals surface area contributed by atoms with Crippen molar-refractivity contribution in [1.29, 1.82) is 0 Å². The van der Waals surface area contributed by atoms with E-state index in [9.17, 15) is 4.79 Å². The Balaban J connectivity index is 0.000000421. The van der Waals surface area contributed by atoms with Gasteiger partial charge in [0.1, 0.15) is 5.69 Å². The van der Waals surface area contributed by atoms with E-state index in [4.69, 9.17) is 11.2 Å². The molecule has 0 radical (unpaired) electrons. The lowest BCUT2D eigenvalue weighted by Crippen LogP contribution is -2.44. The topological polar surface area (TPSA) is 81.1 Å². The summed E-state index contributed by atoms with van der Waals surface area (Å²) in [6.07, 6.45) is 10.9. The number of nitrogens with one attached hydrogen (secondary N) is 2. The zero-order chi connectivity index (χ0) is 24.5. The number of fused-ring (bicyclic) bond motifs is 1. The van der Waals surface area contributed by atoms with E-state index in [1.54, 1.807) is 17.1 Å². The summed E-state index contributed by atoms with van der Waals surface area (Å²) in [5.41, 5.74) is 4.41. The monoisotopic (exact) mass is 465 g/mol. The molecule has 0 saturated heterocycles. The lowest BCUT2D eigenvalue weighted by molar-refractivity contribution is -0.123. The Morgan fingerprint density at radius 3 is 2.43 bits per heavy atom. The zero-order valence-electron chi connectivity index (χ0n) is 19.5. The van der Waals surface area contributed by atoms with E-state index < -0.39 is 6.10 Å². The number of carbonyl (C=O) groups is 1. The van der Waals surface area contributed by atoms with Crippen LogP contribution in [0, 0.1) is 12.3 Å². The average molecular weight is 466 g/mol. The molecule has 0 unspecified atom stereocenters. The maximum atomic E-state index is 12.4. The number of amides is 1. The first kappa shape index (κ1) is 23.7. The number of rotatable bonds is 6. The normalized spacial score (nSPS) is 13.9. The summed E-state index contributed by atoms with van der Waals surface area (Å²) >= 11 is 0. The minimum atomic E-state index is -0.622. The molecular formula is C28H27N5O2. The molecule has 4 aromatic rings. The Hall–Kier alpha value is -4.41. The van der Waals surface area contributed by atoms with Crippen LogP contribution in [0.3, 0.4) is 0 Å². The summed E-state index contributed by atoms with van der Waals surface area (Å²) in [5, 5.41) is 10.3. The van der Waals surface area contributed by atoms with E-state index >= 15 is 0 Å². The third-order valence-corrected chi connectivity index (χ3v) is 5.40. The fraction of sp³-hybridized carbons (Fsp3) is 0.179. The molecule has 1 aliphatic heterocycles. The fourth-order valence-corrected chi connectivity index (χ4v) is 3.52. The highest BCUT2D eigenvalue weighted by atomic mass is 16.5. The molecule has 0 fully saturated rings. The minimum absolute atomic E-state index is 0.187. The highest BCUT2D eigenvalue weighted by Crippen LogP contribution is 2.31. The molecule has 5 rings (SSSR count). The van der Waals surface area contributed by atoms with Crippen molar-refractivity contribution in [3.63, 3.8) is 0 Å². The maximum absolute atomic E-state index is 12.4. The molecule has 1 aliphatic rings. The number of aryl methyl sites for hydroxylation is 1. The van der Waals surface area contributed by atoms with Crippen molar-refractivity contribution < 1.29 is 9.53 Å². The molecule has 7 heteroatoms. The molecule has 7 nitrogen and oxygen atoms in total. The van der Waals surface area contributed by atoms with Gasteiger partial charge < -0.3 is 15.4 Å². The Kier molecular flexibility index (Phi) is 7.89. The average Bonchev–Trinajstić information content (AvgIpc) is 3.34. The van der Waals surface area contributed by atoms with Crippen molar-refractivity contribution in [2.24, 2.45) is 7.05 Å². The van der Waals surface area contributed by atoms with Crippen molar-refractivity contribution in [3.05, 3.63) is 96.4 Å². The van der Waals surface area contributed by atoms with Crippen LogP contribution in [0.2, 0.25) is 0 Å². The number of aromatic nitrogens is 3. The van der Waals surface area contributed by atoms with Crippen molar-refractivity contribution in [2.45, 2.75) is 12.5 Å². The summed E-state index contributed by atoms with van der Waals surface area (Å²) in [6, 6.07) is 21.7. The van der Waals surface area contributed by atoms with Crippen LogP contribution in [0.15, 0.2) is 85.3 Å². The molecule has 2 aromatic heterocycles. The van der Waals surface area contributed by atoms with Gasteiger partial charge in [0.15, 0.2) is 6.10 Å². The lowest BCUT2D eigenvalue weighted by Gasteiger charge is -2.25. The van der Waals surface area contributed by atoms with Gasteiger partial charge in [-0.15, -0.1) is 6.42 Å². The summed E-state index contributed by atoms with van der Waals surface area (Å²) < 4.78 is 7.51. The van der Waals surface area contributed by atoms with Gasteiger partial charge in [0.05, 0.1) is 6.20 Å². The molecule has 176 valence electrons. The second-order valence-electron chi connectivity index (χ2n) is 8.03. The van der Waals surface area contributed by atoms with Crippen LogP contribution in [-0.4, -0.2) is 39.9 Å². The molecule has 3 heterocycles. The molecule has 2 N–H and O–H groups in total. The van der Waals surface area contributed by atoms with Crippen LogP contribution in [0.4, 0.5) is 5.69 Å². The fourth-order valence-electron chi connectivity index (χ4n) is 3.52. The molecule has 0 saturated carbocycles. The van der Waals surface area contributed by atoms with Gasteiger partial charge in [-0.2, -0.15) is 5.10 Å². The van der Waals surface area contributed by atoms with Gasteiger partial charge in [0, 0.05) is 42.7 Å². The van der Waals surface area contributed by atoms with E-state index in [-0.39, 0.29) is 5.91 Å². The first-order valence-corrected chi connectivity index (χ1v) is 11.4. The number of pyridine rings is 1. The van der Waals surface area contributed by atoms with Crippen molar-refractivity contribution in [2.75, 3.05) is 18.4 Å². The number of hydrogen-bond acceptors (Lipinski definition) is 5. The summed E-state index contributed by atoms with van der Waals surface area (Å²) in [7, 11) is 1.85. The molecule has 0 spiro atoms. The van der Waals surface area contributed by atoms with Gasteiger partial charge in [-0.25, -0.2) is 4.98 Å². The lowest BCUT2D eigenvalue weighted by atomic mass is 10.1. The largest absolute Gasteiger partial charge is 0.461 e. The highest BCUT2D eigenvalue weighted by molar-refractivity contribution is 5.98. The Morgan fingerprint density at radius 2 is 1.80 bits per heavy atom. The van der Waals surface area contributed by atoms with Crippen LogP contribution in [0.1, 0.15) is 11.1 Å². The zero-order valence-corrected chi connectivity index (χ0v) is 19.5. The second-order valence-corrected chi connectivity index (χ2v) is 8.03. The number of nitrogens with zero attached hydrogens (tertiary/aromatic N) is 3. The first-order valence-electron chi connectivity index (χ1n) is 11.4. The van der Waals surface area contributed by atoms with Crippen molar-refractivity contribution >= 4 is 11.6 Å². The first-order chi connectivity index (χ1) is 17.1. The van der Waals surface area contributed by atoms with Gasteiger partial charge in [0.2, 0.25) is 5.88 Å². The van der Waals surface area contributed by atoms with Gasteiger partial charge in [-0.1, -0.05) is 54.5 Å². The number of ether oxygens (including phenoxy) is 1. The quantitative estimate of drug-likeness (QED) is 0.335. The Morgan fingerprint density at radius 1 is 1.09 bits per heavy atom. The molecule has 0 bridgehead atoms. The molecular weight excluding hydrogens is 438 g/mol. The number of hydrogen-bond donors (Lipinski definition) is 2. The van der Waals surface area contributed by atoms with Gasteiger partial charge in [-0.05, 0) is 36.7 Å². The Bertz CT molecular complexity index is 1270. The molecule has 35 heavy (non-hydrogen) atoms. The maximum Gasteiger partial charge on any atom is 0.267 e. The standard InChI is InChI=1S/C22H21N5O2.C6H6/c1-3-15-4-6-16(7-5-15)8-9-23-13-20-21(28)26-19-10-17(11-24-22(19)29-20)18-12-25-27(2)14-18;1-2-4-6-5-3-1/h1,4-7,10-12,14,20,23H,8-9,13H2,2H3,(H,26,28);1-6H/t20-;/m1./s1. The molecule has 0 aliphatic carbocycles. The third kappa shape index (κ3) is 6.56. The van der Waals surface area contributed by atoms with Crippen LogP contribution in [0.25, 0.3) is 11.1 Å². The molecule has 1 atom stereocenters. The van der Waals surface area contributed by atoms with E-state index in [0.29, 0.717) is 18.1 Å². The highest BCUT2D eigenvalue weighted by Gasteiger charge is 2.28. The number of anilines is 1. The smallest absolute Gasteiger partial charge is 0.267 e. The van der Waals surface area contributed by atoms with Crippen molar-refractivity contribution in [3.8, 4) is 29.4 Å². The van der Waals surface area contributed by atoms with Crippen molar-refractivity contribution in [1.82, 2.24) is 20.1 Å². The van der Waals surface area contributed by atoms with Crippen LogP contribution >= 0.6 is 0 Å². The predicted molar refractivity (Wildman–Crippen MR) is 137 cm³/mol. The summed E-state index contributed by atoms with van der Waals surface area (Å²) in [5.74, 6) is 2.84. The number of terminal acetylenes is 1. The van der Waals surface area contributed by atoms with Crippen LogP contribution in [0.5, 0.6) is 5.88 Å². The van der Waals surface area contributed by atoms with Gasteiger partial charge in [-0.3, -0.25) is 9.48 Å². The number of benzene rings is 2. The third-order valence-electron chi connectivity index (χ3n) is 5.40. The SMILES string of the molecule is C#Cc1ccc(CCNC[C@H]2Oc3ncc(-c4cnn(C)c4)cc3NC2=O)cc1.c1ccccc1. The van der Waals surface area contributed by atoms with Crippen LogP contribution in [-0.2, 0) is 18.3 Å². The predicted octanol–water partition coefficient (Wildman–Crippen LogP) is 3.68. The second kappa shape index (κ2) is 11.6. The van der Waals surface area contributed by atoms with Crippen LogP contribution < -0.4 is 15.4 Å². The van der Waals surface area contributed by atoms with E-state index in [1.807, 2.05) is 80.0 Å². The summed E-state index contributed by atoms with van der Waals surface area (Å²) in [4.78, 5) is 16.8.